The molecule has 410 valence electrons. The molecule has 0 fully saturated rings. The normalized spacial score (nSPS) is 13.2. The van der Waals surface area contributed by atoms with Gasteiger partial charge >= 0.3 is 0 Å². The van der Waals surface area contributed by atoms with Crippen molar-refractivity contribution in [2.24, 2.45) is 0 Å². The van der Waals surface area contributed by atoms with Gasteiger partial charge in [-0.25, -0.2) is 4.98 Å². The Balaban J connectivity index is 0.00000720. The van der Waals surface area contributed by atoms with Crippen molar-refractivity contribution in [3.8, 4) is 28.4 Å². The standard InChI is InChI=1S/C74H75N4O.Pt/c1-48(2)61-29-22-30-62(49(3)4)70(61)50-31-35-66-68(39-50)77(47-76(66)57-28-21-27-53(40-57)71(5,6)7)58-41-56(74(13,14)52-25-19-16-20-26-52)42-60(45-58)79-59-33-34-63-64-43-54(72(8,9)10)32-36-65(64)78(67(63)46-59)69-44-55(37-38-75-69)73(11,12)51-23-17-15-18-24-51;/h15-44,47-49H,1-14H3;/q-3;. The molecule has 0 radical (unpaired) electrons. The third-order valence-corrected chi connectivity index (χ3v) is 16.6. The number of benzene rings is 8. The summed E-state index contributed by atoms with van der Waals surface area (Å²) in [5, 5.41) is 2.23. The van der Waals surface area contributed by atoms with Crippen LogP contribution in [-0.4, -0.2) is 9.55 Å². The van der Waals surface area contributed by atoms with Crippen LogP contribution in [0.4, 0.5) is 22.7 Å². The number of anilines is 4. The van der Waals surface area contributed by atoms with Crippen molar-refractivity contribution in [3.05, 3.63) is 245 Å². The molecule has 0 amide bonds. The van der Waals surface area contributed by atoms with Gasteiger partial charge in [-0.2, -0.15) is 6.07 Å². The third-order valence-electron chi connectivity index (χ3n) is 16.6. The van der Waals surface area contributed by atoms with Crippen molar-refractivity contribution >= 4 is 44.6 Å². The maximum Gasteiger partial charge on any atom is 0.135 e. The van der Waals surface area contributed by atoms with Crippen molar-refractivity contribution in [2.75, 3.05) is 9.80 Å². The Morgan fingerprint density at radius 1 is 0.475 bits per heavy atom. The van der Waals surface area contributed by atoms with E-state index in [-0.39, 0.29) is 37.3 Å². The molecular weight excluding hydrogens is 1160 g/mol. The number of pyridine rings is 1. The molecule has 0 bridgehead atoms. The van der Waals surface area contributed by atoms with Crippen LogP contribution in [0.5, 0.6) is 11.5 Å². The van der Waals surface area contributed by atoms with Crippen LogP contribution in [0.3, 0.4) is 0 Å². The van der Waals surface area contributed by atoms with Crippen molar-refractivity contribution in [2.45, 2.75) is 130 Å². The average Bonchev–Trinajstić information content (AvgIpc) is 3.99. The van der Waals surface area contributed by atoms with Crippen LogP contribution in [0.15, 0.2) is 182 Å². The fourth-order valence-corrected chi connectivity index (χ4v) is 11.6. The minimum Gasteiger partial charge on any atom is -0.509 e. The second-order valence-electron chi connectivity index (χ2n) is 25.5. The topological polar surface area (TPSA) is 33.5 Å². The molecule has 0 saturated carbocycles. The molecular formula is C74H75N4OPt-3. The molecule has 6 heteroatoms. The molecule has 0 atom stereocenters. The van der Waals surface area contributed by atoms with E-state index >= 15 is 0 Å². The van der Waals surface area contributed by atoms with Crippen LogP contribution in [0.25, 0.3) is 38.8 Å². The molecule has 2 aromatic heterocycles. The summed E-state index contributed by atoms with van der Waals surface area (Å²) in [5.41, 5.74) is 17.8. The summed E-state index contributed by atoms with van der Waals surface area (Å²) in [5.74, 6) is 2.71. The zero-order valence-corrected chi connectivity index (χ0v) is 51.3. The average molecular weight is 1230 g/mol. The van der Waals surface area contributed by atoms with E-state index in [9.17, 15) is 0 Å². The first-order valence-corrected chi connectivity index (χ1v) is 28.2. The predicted octanol–water partition coefficient (Wildman–Crippen LogP) is 20.1. The zero-order chi connectivity index (χ0) is 55.8. The number of hydrogen-bond acceptors (Lipinski definition) is 4. The first-order chi connectivity index (χ1) is 37.6. The van der Waals surface area contributed by atoms with E-state index in [1.54, 1.807) is 0 Å². The molecule has 8 aromatic carbocycles. The minimum atomic E-state index is -0.411. The maximum absolute atomic E-state index is 7.19. The molecule has 0 N–H and O–H groups in total. The number of ether oxygens (including phenoxy) is 1. The molecule has 0 aliphatic carbocycles. The first kappa shape index (κ1) is 56.1. The first-order valence-electron chi connectivity index (χ1n) is 28.2. The summed E-state index contributed by atoms with van der Waals surface area (Å²) in [7, 11) is 0. The van der Waals surface area contributed by atoms with Crippen molar-refractivity contribution < 1.29 is 25.8 Å². The van der Waals surface area contributed by atoms with Gasteiger partial charge in [0.05, 0.1) is 0 Å². The van der Waals surface area contributed by atoms with Gasteiger partial charge < -0.3 is 19.1 Å². The van der Waals surface area contributed by atoms with E-state index in [0.717, 1.165) is 55.9 Å². The van der Waals surface area contributed by atoms with Crippen LogP contribution in [0.1, 0.15) is 153 Å². The molecule has 80 heavy (non-hydrogen) atoms. The van der Waals surface area contributed by atoms with Gasteiger partial charge in [0.25, 0.3) is 0 Å². The Labute approximate surface area is 491 Å². The van der Waals surface area contributed by atoms with E-state index in [0.29, 0.717) is 23.3 Å². The maximum atomic E-state index is 7.19. The second-order valence-corrected chi connectivity index (χ2v) is 25.5. The fraction of sp³-hybridized carbons (Fsp3) is 0.270. The number of nitrogens with zero attached hydrogens (tertiary/aromatic N) is 4. The summed E-state index contributed by atoms with van der Waals surface area (Å²) >= 11 is 0. The summed E-state index contributed by atoms with van der Waals surface area (Å²) in [6, 6.07) is 72.0. The van der Waals surface area contributed by atoms with E-state index in [4.69, 9.17) is 9.72 Å². The number of rotatable bonds is 12. The monoisotopic (exact) mass is 1230 g/mol. The van der Waals surface area contributed by atoms with E-state index < -0.39 is 5.41 Å². The third kappa shape index (κ3) is 10.4. The molecule has 3 heterocycles. The molecule has 1 aliphatic rings. The fourth-order valence-electron chi connectivity index (χ4n) is 11.6. The van der Waals surface area contributed by atoms with E-state index in [2.05, 4.69) is 306 Å². The van der Waals surface area contributed by atoms with Gasteiger partial charge in [-0.1, -0.05) is 212 Å². The van der Waals surface area contributed by atoms with Crippen LogP contribution in [-0.2, 0) is 42.7 Å². The Hall–Kier alpha value is -7.20. The van der Waals surface area contributed by atoms with Gasteiger partial charge in [0.2, 0.25) is 0 Å². The molecule has 10 aromatic rings. The summed E-state index contributed by atoms with van der Waals surface area (Å²) < 4.78 is 9.45. The van der Waals surface area contributed by atoms with Gasteiger partial charge in [0.1, 0.15) is 5.82 Å². The molecule has 0 spiro atoms. The number of hydrogen-bond donors (Lipinski definition) is 0. The largest absolute Gasteiger partial charge is 0.509 e. The van der Waals surface area contributed by atoms with Crippen molar-refractivity contribution in [1.29, 1.82) is 0 Å². The number of fused-ring (bicyclic) bond motifs is 4. The summed E-state index contributed by atoms with van der Waals surface area (Å²) in [6.07, 6.45) is 1.94. The SMILES string of the molecule is CC(C)c1cccc(C(C)C)c1-c1ccc2c(c1)N(c1[c-]c(Oc3[c-]c4c(cc3)c3cc(C(C)(C)C)ccc3n4-c3cc(C(C)(C)c4ccccc4)ccn3)cc(C(C)(C)c3ccccc3)c1)[CH-]N2c1cccc(C(C)(C)C)c1.[Pt]. The van der Waals surface area contributed by atoms with Gasteiger partial charge in [-0.05, 0) is 126 Å². The molecule has 5 nitrogen and oxygen atoms in total. The predicted molar refractivity (Wildman–Crippen MR) is 332 cm³/mol. The second kappa shape index (κ2) is 21.4. The van der Waals surface area contributed by atoms with Crippen LogP contribution in [0, 0.1) is 18.8 Å². The van der Waals surface area contributed by atoms with E-state index in [1.165, 1.54) is 50.1 Å². The van der Waals surface area contributed by atoms with Gasteiger partial charge in [-0.15, -0.1) is 53.6 Å². The van der Waals surface area contributed by atoms with Crippen LogP contribution >= 0.6 is 0 Å². The molecule has 1 aliphatic heterocycles. The Kier molecular flexibility index (Phi) is 15.0. The van der Waals surface area contributed by atoms with E-state index in [1.807, 2.05) is 6.20 Å². The van der Waals surface area contributed by atoms with Gasteiger partial charge in [-0.3, -0.25) is 0 Å². The van der Waals surface area contributed by atoms with Gasteiger partial charge in [0, 0.05) is 66.8 Å². The summed E-state index contributed by atoms with van der Waals surface area (Å²) in [6.45, 7) is 34.3. The van der Waals surface area contributed by atoms with Crippen LogP contribution in [0.2, 0.25) is 0 Å². The smallest absolute Gasteiger partial charge is 0.135 e. The Morgan fingerprint density at radius 2 is 1.09 bits per heavy atom. The zero-order valence-electron chi connectivity index (χ0n) is 49.1. The Bertz CT molecular complexity index is 3860. The van der Waals surface area contributed by atoms with Crippen molar-refractivity contribution in [3.63, 3.8) is 0 Å². The Morgan fingerprint density at radius 3 is 1.73 bits per heavy atom. The quantitative estimate of drug-likeness (QED) is 0.114. The van der Waals surface area contributed by atoms with Gasteiger partial charge in [0.15, 0.2) is 0 Å². The summed E-state index contributed by atoms with van der Waals surface area (Å²) in [4.78, 5) is 9.75. The minimum absolute atomic E-state index is 0. The molecule has 0 unspecified atom stereocenters. The van der Waals surface area contributed by atoms with Crippen LogP contribution < -0.4 is 14.5 Å². The molecule has 0 saturated heterocycles. The number of aromatic nitrogens is 2. The molecule has 11 rings (SSSR count). The van der Waals surface area contributed by atoms with Crippen molar-refractivity contribution in [1.82, 2.24) is 9.55 Å².